The van der Waals surface area contributed by atoms with Crippen molar-refractivity contribution in [2.45, 2.75) is 50.7 Å². The summed E-state index contributed by atoms with van der Waals surface area (Å²) in [7, 11) is -4.23. The van der Waals surface area contributed by atoms with Crippen LogP contribution in [0.15, 0.2) is 77.7 Å². The molecule has 1 N–H and O–H groups in total. The monoisotopic (exact) mass is 609 g/mol. The molecule has 0 heterocycles. The van der Waals surface area contributed by atoms with E-state index < -0.39 is 28.5 Å². The molecule has 39 heavy (non-hydrogen) atoms. The van der Waals surface area contributed by atoms with Crippen LogP contribution < -0.4 is 9.62 Å². The Morgan fingerprint density at radius 2 is 1.56 bits per heavy atom. The summed E-state index contributed by atoms with van der Waals surface area (Å²) in [6.45, 7) is 4.86. The highest BCUT2D eigenvalue weighted by atomic mass is 35.5. The molecule has 0 unspecified atom stereocenters. The minimum Gasteiger partial charge on any atom is -0.352 e. The van der Waals surface area contributed by atoms with Crippen molar-refractivity contribution in [1.82, 2.24) is 10.2 Å². The van der Waals surface area contributed by atoms with E-state index in [4.69, 9.17) is 34.8 Å². The summed E-state index contributed by atoms with van der Waals surface area (Å²) in [5.74, 6) is -0.930. The molecule has 0 aliphatic carbocycles. The van der Waals surface area contributed by atoms with Crippen LogP contribution in [0.3, 0.4) is 0 Å². The number of nitrogens with one attached hydrogen (secondary N) is 1. The highest BCUT2D eigenvalue weighted by molar-refractivity contribution is 7.92. The molecule has 0 aliphatic heterocycles. The molecule has 0 aromatic heterocycles. The van der Waals surface area contributed by atoms with Crippen molar-refractivity contribution in [3.63, 3.8) is 0 Å². The molecule has 3 aromatic carbocycles. The molecule has 0 radical (unpaired) electrons. The lowest BCUT2D eigenvalue weighted by molar-refractivity contribution is -0.140. The molecule has 3 rings (SSSR count). The van der Waals surface area contributed by atoms with E-state index in [1.807, 2.05) is 13.8 Å². The van der Waals surface area contributed by atoms with Crippen LogP contribution in [0.25, 0.3) is 0 Å². The SMILES string of the molecule is CC[C@H](C(=O)NC(C)C)N(Cc1ccccc1Cl)C(=O)CN(c1cccc(Cl)c1)S(=O)(=O)c1ccc(Cl)cc1. The number of hydrogen-bond acceptors (Lipinski definition) is 4. The Morgan fingerprint density at radius 1 is 0.897 bits per heavy atom. The molecule has 0 spiro atoms. The summed E-state index contributed by atoms with van der Waals surface area (Å²) in [5, 5.41) is 3.95. The Labute approximate surface area is 244 Å². The van der Waals surface area contributed by atoms with Crippen molar-refractivity contribution in [2.75, 3.05) is 10.8 Å². The molecule has 0 saturated heterocycles. The molecule has 208 valence electrons. The zero-order chi connectivity index (χ0) is 28.7. The van der Waals surface area contributed by atoms with Gasteiger partial charge in [-0.1, -0.05) is 66.0 Å². The summed E-state index contributed by atoms with van der Waals surface area (Å²) in [6.07, 6.45) is 0.301. The van der Waals surface area contributed by atoms with Gasteiger partial charge in [-0.2, -0.15) is 0 Å². The molecule has 3 aromatic rings. The number of halogens is 3. The van der Waals surface area contributed by atoms with Gasteiger partial charge in [0.1, 0.15) is 12.6 Å². The number of rotatable bonds is 11. The average molecular weight is 611 g/mol. The van der Waals surface area contributed by atoms with Gasteiger partial charge in [-0.15, -0.1) is 0 Å². The lowest BCUT2D eigenvalue weighted by Crippen LogP contribution is -2.53. The zero-order valence-electron chi connectivity index (χ0n) is 21.8. The van der Waals surface area contributed by atoms with Gasteiger partial charge < -0.3 is 10.2 Å². The van der Waals surface area contributed by atoms with Crippen molar-refractivity contribution < 1.29 is 18.0 Å². The molecule has 2 amide bonds. The van der Waals surface area contributed by atoms with Gasteiger partial charge in [-0.05, 0) is 74.4 Å². The van der Waals surface area contributed by atoms with Crippen LogP contribution >= 0.6 is 34.8 Å². The van der Waals surface area contributed by atoms with Crippen LogP contribution in [-0.4, -0.2) is 43.8 Å². The third kappa shape index (κ3) is 7.88. The average Bonchev–Trinajstić information content (AvgIpc) is 2.87. The predicted octanol–water partition coefficient (Wildman–Crippen LogP) is 6.17. The Morgan fingerprint density at radius 3 is 2.15 bits per heavy atom. The first kappa shape index (κ1) is 30.8. The van der Waals surface area contributed by atoms with E-state index >= 15 is 0 Å². The molecular weight excluding hydrogens is 581 g/mol. The zero-order valence-corrected chi connectivity index (χ0v) is 24.9. The number of anilines is 1. The summed E-state index contributed by atoms with van der Waals surface area (Å²) in [5.41, 5.74) is 0.821. The van der Waals surface area contributed by atoms with Gasteiger partial charge in [0.2, 0.25) is 11.8 Å². The predicted molar refractivity (Wildman–Crippen MR) is 157 cm³/mol. The third-order valence-electron chi connectivity index (χ3n) is 5.89. The van der Waals surface area contributed by atoms with Gasteiger partial charge in [-0.25, -0.2) is 8.42 Å². The second-order valence-electron chi connectivity index (χ2n) is 9.15. The summed E-state index contributed by atoms with van der Waals surface area (Å²) < 4.78 is 28.6. The largest absolute Gasteiger partial charge is 0.352 e. The van der Waals surface area contributed by atoms with Crippen LogP contribution in [0.2, 0.25) is 15.1 Å². The van der Waals surface area contributed by atoms with E-state index in [0.717, 1.165) is 4.31 Å². The van der Waals surface area contributed by atoms with Gasteiger partial charge in [-0.3, -0.25) is 13.9 Å². The van der Waals surface area contributed by atoms with Gasteiger partial charge in [0.25, 0.3) is 10.0 Å². The maximum Gasteiger partial charge on any atom is 0.264 e. The second kappa shape index (κ2) is 13.5. The van der Waals surface area contributed by atoms with Crippen molar-refractivity contribution in [1.29, 1.82) is 0 Å². The van der Waals surface area contributed by atoms with Crippen molar-refractivity contribution in [3.8, 4) is 0 Å². The van der Waals surface area contributed by atoms with Gasteiger partial charge in [0.15, 0.2) is 0 Å². The second-order valence-corrected chi connectivity index (χ2v) is 12.3. The fraction of sp³-hybridized carbons (Fsp3) is 0.286. The lowest BCUT2D eigenvalue weighted by atomic mass is 10.1. The minimum absolute atomic E-state index is 0.00685. The number of carbonyl (C=O) groups excluding carboxylic acids is 2. The first-order valence-corrected chi connectivity index (χ1v) is 14.9. The topological polar surface area (TPSA) is 86.8 Å². The van der Waals surface area contributed by atoms with E-state index in [1.54, 1.807) is 49.4 Å². The maximum atomic E-state index is 14.0. The number of hydrogen-bond donors (Lipinski definition) is 1. The van der Waals surface area contributed by atoms with E-state index in [0.29, 0.717) is 27.1 Å². The molecule has 0 bridgehead atoms. The molecule has 11 heteroatoms. The number of carbonyl (C=O) groups is 2. The first-order chi connectivity index (χ1) is 18.4. The van der Waals surface area contributed by atoms with Gasteiger partial charge in [0.05, 0.1) is 10.6 Å². The van der Waals surface area contributed by atoms with E-state index in [9.17, 15) is 18.0 Å². The molecule has 7 nitrogen and oxygen atoms in total. The quantitative estimate of drug-likeness (QED) is 0.281. The van der Waals surface area contributed by atoms with Crippen molar-refractivity contribution in [2.24, 2.45) is 0 Å². The van der Waals surface area contributed by atoms with E-state index in [1.165, 1.54) is 35.2 Å². The molecule has 0 aliphatic rings. The van der Waals surface area contributed by atoms with Gasteiger partial charge >= 0.3 is 0 Å². The fourth-order valence-corrected chi connectivity index (χ4v) is 5.92. The van der Waals surface area contributed by atoms with Crippen molar-refractivity contribution >= 4 is 62.3 Å². The first-order valence-electron chi connectivity index (χ1n) is 12.3. The highest BCUT2D eigenvalue weighted by Gasteiger charge is 2.34. The van der Waals surface area contributed by atoms with Crippen LogP contribution in [0, 0.1) is 0 Å². The Balaban J connectivity index is 2.08. The Kier molecular flexibility index (Phi) is 10.7. The molecular formula is C28H30Cl3N3O4S. The summed E-state index contributed by atoms with van der Waals surface area (Å²) in [4.78, 5) is 28.5. The van der Waals surface area contributed by atoms with Gasteiger partial charge in [0, 0.05) is 27.7 Å². The Bertz CT molecular complexity index is 1420. The fourth-order valence-electron chi connectivity index (χ4n) is 4.00. The number of sulfonamides is 1. The molecule has 0 saturated carbocycles. The van der Waals surface area contributed by atoms with Crippen LogP contribution in [0.1, 0.15) is 32.8 Å². The lowest BCUT2D eigenvalue weighted by Gasteiger charge is -2.33. The highest BCUT2D eigenvalue weighted by Crippen LogP contribution is 2.28. The normalized spacial score (nSPS) is 12.2. The number of nitrogens with zero attached hydrogens (tertiary/aromatic N) is 2. The minimum atomic E-state index is -4.23. The third-order valence-corrected chi connectivity index (χ3v) is 8.54. The maximum absolute atomic E-state index is 14.0. The summed E-state index contributed by atoms with van der Waals surface area (Å²) in [6, 6.07) is 17.8. The standard InChI is InChI=1S/C28H30Cl3N3O4S/c1-4-26(28(36)32-19(2)3)33(17-20-8-5-6-11-25(20)31)27(35)18-34(23-10-7-9-22(30)16-23)39(37,38)24-14-12-21(29)13-15-24/h5-16,19,26H,4,17-18H2,1-3H3,(H,32,36)/t26-/m1/s1. The molecule has 0 fully saturated rings. The van der Waals surface area contributed by atoms with Crippen LogP contribution in [-0.2, 0) is 26.2 Å². The van der Waals surface area contributed by atoms with Crippen LogP contribution in [0.5, 0.6) is 0 Å². The molecule has 1 atom stereocenters. The summed E-state index contributed by atoms with van der Waals surface area (Å²) >= 11 is 18.6. The van der Waals surface area contributed by atoms with E-state index in [-0.39, 0.29) is 29.1 Å². The number of benzene rings is 3. The number of amides is 2. The van der Waals surface area contributed by atoms with E-state index in [2.05, 4.69) is 5.32 Å². The smallest absolute Gasteiger partial charge is 0.264 e. The van der Waals surface area contributed by atoms with Crippen molar-refractivity contribution in [3.05, 3.63) is 93.4 Å². The Hall–Kier alpha value is -2.78. The van der Waals surface area contributed by atoms with Crippen LogP contribution in [0.4, 0.5) is 5.69 Å².